The van der Waals surface area contributed by atoms with Gasteiger partial charge in [-0.25, -0.2) is 9.78 Å². The number of hydrogen-bond acceptors (Lipinski definition) is 13. The molecule has 3 amide bonds. The number of ketones is 1. The number of aryl methyl sites for hydroxylation is 1. The van der Waals surface area contributed by atoms with Crippen molar-refractivity contribution in [3.8, 4) is 5.75 Å². The summed E-state index contributed by atoms with van der Waals surface area (Å²) in [6, 6.07) is 11.5. The van der Waals surface area contributed by atoms with E-state index in [1.54, 1.807) is 68.4 Å². The molecule has 15 nitrogen and oxygen atoms in total. The van der Waals surface area contributed by atoms with Crippen molar-refractivity contribution >= 4 is 47.0 Å². The highest BCUT2D eigenvalue weighted by molar-refractivity contribution is 7.13. The summed E-state index contributed by atoms with van der Waals surface area (Å²) in [6.45, 7) is 5.42. The van der Waals surface area contributed by atoms with Crippen LogP contribution in [0.1, 0.15) is 53.0 Å². The second-order valence-electron chi connectivity index (χ2n) is 11.8. The fourth-order valence-electron chi connectivity index (χ4n) is 4.84. The van der Waals surface area contributed by atoms with Crippen molar-refractivity contribution in [3.63, 3.8) is 0 Å². The SMILES string of the molecule is CC[C@@](C)(OC(=O)OCc1ccc(OC(C)=O)cc1)C(=O)[C@H](Cc1ccccc1)NC(=O)[C@H](COC)NC(=O)[C@H](COC)NC(=O)c1cnc(C)s1. The van der Waals surface area contributed by atoms with Crippen molar-refractivity contribution in [2.75, 3.05) is 27.4 Å². The Hall–Kier alpha value is -5.19. The molecule has 3 N–H and O–H groups in total. The van der Waals surface area contributed by atoms with Crippen LogP contribution in [0.2, 0.25) is 0 Å². The van der Waals surface area contributed by atoms with Gasteiger partial charge in [0.05, 0.1) is 30.5 Å². The van der Waals surface area contributed by atoms with E-state index in [1.165, 1.54) is 34.3 Å². The number of hydrogen-bond donors (Lipinski definition) is 3. The van der Waals surface area contributed by atoms with E-state index in [0.29, 0.717) is 26.8 Å². The molecular formula is C36H44N4O11S. The molecule has 52 heavy (non-hydrogen) atoms. The molecule has 0 aliphatic rings. The molecule has 3 rings (SSSR count). The predicted octanol–water partition coefficient (Wildman–Crippen LogP) is 3.07. The van der Waals surface area contributed by atoms with Crippen molar-refractivity contribution in [3.05, 3.63) is 81.8 Å². The Bertz CT molecular complexity index is 1680. The molecule has 0 unspecified atom stereocenters. The number of methoxy groups -OCH3 is 2. The second-order valence-corrected chi connectivity index (χ2v) is 13.1. The predicted molar refractivity (Wildman–Crippen MR) is 189 cm³/mol. The Morgan fingerprint density at radius 1 is 0.827 bits per heavy atom. The standard InChI is InChI=1S/C36H44N4O11S/c1-7-36(4,51-35(46)49-19-25-13-15-26(16-14-25)50-23(3)41)31(42)27(17-24-11-9-8-10-12-24)38-32(43)28(20-47-5)39-33(44)29(21-48-6)40-34(45)30-18-37-22(2)52-30/h8-16,18,27-29H,7,17,19-21H2,1-6H3,(H,38,43)(H,39,44)(H,40,45)/t27-,28-,29-,36+/m0/s1. The number of aromatic nitrogens is 1. The highest BCUT2D eigenvalue weighted by Crippen LogP contribution is 2.22. The lowest BCUT2D eigenvalue weighted by molar-refractivity contribution is -0.144. The van der Waals surface area contributed by atoms with Crippen molar-refractivity contribution in [2.24, 2.45) is 0 Å². The maximum atomic E-state index is 14.1. The third-order valence-electron chi connectivity index (χ3n) is 7.73. The monoisotopic (exact) mass is 740 g/mol. The van der Waals surface area contributed by atoms with Gasteiger partial charge in [-0.1, -0.05) is 49.4 Å². The number of ether oxygens (including phenoxy) is 5. The molecule has 16 heteroatoms. The number of carbonyl (C=O) groups excluding carboxylic acids is 6. The molecule has 0 radical (unpaired) electrons. The number of nitrogens with zero attached hydrogens (tertiary/aromatic N) is 1. The molecule has 0 aliphatic carbocycles. The molecule has 1 heterocycles. The Labute approximate surface area is 305 Å². The lowest BCUT2D eigenvalue weighted by Crippen LogP contribution is -2.60. The number of thiazole rings is 1. The normalized spacial score (nSPS) is 13.7. The van der Waals surface area contributed by atoms with Crippen molar-refractivity contribution in [2.45, 2.75) is 70.9 Å². The number of benzene rings is 2. The largest absolute Gasteiger partial charge is 0.509 e. The average Bonchev–Trinajstić information content (AvgIpc) is 3.56. The first-order chi connectivity index (χ1) is 24.8. The fraction of sp³-hybridized carbons (Fsp3) is 0.417. The van der Waals surface area contributed by atoms with Gasteiger partial charge in [-0.3, -0.25) is 24.0 Å². The van der Waals surface area contributed by atoms with Crippen LogP contribution < -0.4 is 20.7 Å². The van der Waals surface area contributed by atoms with Crippen LogP contribution in [0.5, 0.6) is 5.75 Å². The molecule has 0 aliphatic heterocycles. The number of nitrogens with one attached hydrogen (secondary N) is 3. The molecule has 0 saturated carbocycles. The summed E-state index contributed by atoms with van der Waals surface area (Å²) in [7, 11) is 2.69. The summed E-state index contributed by atoms with van der Waals surface area (Å²) in [5.74, 6) is -2.81. The maximum Gasteiger partial charge on any atom is 0.509 e. The zero-order valence-electron chi connectivity index (χ0n) is 29.9. The summed E-state index contributed by atoms with van der Waals surface area (Å²) in [5.41, 5.74) is -0.456. The lowest BCUT2D eigenvalue weighted by Gasteiger charge is -2.31. The van der Waals surface area contributed by atoms with Crippen molar-refractivity contribution < 1.29 is 52.5 Å². The van der Waals surface area contributed by atoms with Crippen LogP contribution >= 0.6 is 11.3 Å². The summed E-state index contributed by atoms with van der Waals surface area (Å²) in [4.78, 5) is 82.4. The van der Waals surface area contributed by atoms with E-state index in [-0.39, 0.29) is 32.7 Å². The van der Waals surface area contributed by atoms with Gasteiger partial charge in [-0.15, -0.1) is 11.3 Å². The molecule has 0 saturated heterocycles. The summed E-state index contributed by atoms with van der Waals surface area (Å²) >= 11 is 1.15. The van der Waals surface area contributed by atoms with Gasteiger partial charge in [-0.05, 0) is 49.9 Å². The van der Waals surface area contributed by atoms with E-state index < -0.39 is 59.4 Å². The highest BCUT2D eigenvalue weighted by Gasteiger charge is 2.42. The van der Waals surface area contributed by atoms with Crippen LogP contribution in [0.4, 0.5) is 4.79 Å². The van der Waals surface area contributed by atoms with E-state index in [1.807, 2.05) is 0 Å². The van der Waals surface area contributed by atoms with Crippen LogP contribution in [0.15, 0.2) is 60.8 Å². The number of Topliss-reactive ketones (excluding diaryl/α,β-unsaturated/α-hetero) is 1. The van der Waals surface area contributed by atoms with Gasteiger partial charge in [0, 0.05) is 21.1 Å². The molecule has 0 spiro atoms. The molecule has 0 fully saturated rings. The molecule has 1 aromatic heterocycles. The number of rotatable bonds is 19. The number of amides is 3. The molecule has 0 bridgehead atoms. The lowest BCUT2D eigenvalue weighted by atomic mass is 9.88. The molecular weight excluding hydrogens is 696 g/mol. The Morgan fingerprint density at radius 3 is 1.96 bits per heavy atom. The fourth-order valence-corrected chi connectivity index (χ4v) is 5.52. The van der Waals surface area contributed by atoms with Gasteiger partial charge in [0.2, 0.25) is 11.8 Å². The van der Waals surface area contributed by atoms with E-state index in [4.69, 9.17) is 23.7 Å². The Kier molecular flexibility index (Phi) is 15.9. The summed E-state index contributed by atoms with van der Waals surface area (Å²) in [5, 5.41) is 8.55. The van der Waals surface area contributed by atoms with E-state index in [9.17, 15) is 28.8 Å². The van der Waals surface area contributed by atoms with Gasteiger partial charge in [-0.2, -0.15) is 0 Å². The van der Waals surface area contributed by atoms with Crippen molar-refractivity contribution in [1.29, 1.82) is 0 Å². The third kappa shape index (κ3) is 12.5. The smallest absolute Gasteiger partial charge is 0.429 e. The van der Waals surface area contributed by atoms with Crippen LogP contribution in [0.25, 0.3) is 0 Å². The highest BCUT2D eigenvalue weighted by atomic mass is 32.1. The minimum absolute atomic E-state index is 0.0262. The molecule has 4 atom stereocenters. The Morgan fingerprint density at radius 2 is 1.42 bits per heavy atom. The summed E-state index contributed by atoms with van der Waals surface area (Å²) < 4.78 is 26.2. The minimum atomic E-state index is -1.73. The van der Waals surface area contributed by atoms with Gasteiger partial charge in [0.1, 0.15) is 29.3 Å². The van der Waals surface area contributed by atoms with Gasteiger partial charge >= 0.3 is 12.1 Å². The molecule has 3 aromatic rings. The van der Waals surface area contributed by atoms with Crippen LogP contribution in [0.3, 0.4) is 0 Å². The average molecular weight is 741 g/mol. The zero-order chi connectivity index (χ0) is 38.3. The number of carbonyl (C=O) groups is 6. The Balaban J connectivity index is 1.75. The maximum absolute atomic E-state index is 14.1. The van der Waals surface area contributed by atoms with Crippen LogP contribution in [-0.4, -0.2) is 91.8 Å². The van der Waals surface area contributed by atoms with E-state index in [2.05, 4.69) is 20.9 Å². The summed E-state index contributed by atoms with van der Waals surface area (Å²) in [6.07, 6.45) is 0.339. The van der Waals surface area contributed by atoms with Crippen molar-refractivity contribution in [1.82, 2.24) is 20.9 Å². The zero-order valence-corrected chi connectivity index (χ0v) is 30.7. The topological polar surface area (TPSA) is 198 Å². The quantitative estimate of drug-likeness (QED) is 0.120. The minimum Gasteiger partial charge on any atom is -0.429 e. The van der Waals surface area contributed by atoms with Crippen LogP contribution in [-0.2, 0) is 51.2 Å². The van der Waals surface area contributed by atoms with Gasteiger partial charge in [0.15, 0.2) is 11.4 Å². The number of esters is 1. The first-order valence-electron chi connectivity index (χ1n) is 16.3. The van der Waals surface area contributed by atoms with E-state index in [0.717, 1.165) is 11.3 Å². The second kappa shape index (κ2) is 20.0. The molecule has 2 aromatic carbocycles. The molecule has 280 valence electrons. The van der Waals surface area contributed by atoms with Crippen LogP contribution in [0, 0.1) is 6.92 Å². The van der Waals surface area contributed by atoms with Gasteiger partial charge < -0.3 is 39.6 Å². The first-order valence-corrected chi connectivity index (χ1v) is 17.1. The first kappa shape index (κ1) is 41.2. The van der Waals surface area contributed by atoms with Gasteiger partial charge in [0.25, 0.3) is 5.91 Å². The third-order valence-corrected chi connectivity index (χ3v) is 8.64. The van der Waals surface area contributed by atoms with E-state index >= 15 is 0 Å².